The van der Waals surface area contributed by atoms with Gasteiger partial charge in [-0.25, -0.2) is 0 Å². The highest BCUT2D eigenvalue weighted by Gasteiger charge is 2.36. The highest BCUT2D eigenvalue weighted by molar-refractivity contribution is 4.92. The maximum absolute atomic E-state index is 2.56. The van der Waals surface area contributed by atoms with Crippen molar-refractivity contribution >= 4 is 0 Å². The minimum atomic E-state index is 0. The number of fused-ring (bicyclic) bond motifs is 7. The summed E-state index contributed by atoms with van der Waals surface area (Å²) in [4.78, 5) is 7.60. The largest absolute Gasteiger partial charge is 0.303 e. The van der Waals surface area contributed by atoms with Crippen LogP contribution in [0, 0.1) is 11.8 Å². The topological polar surface area (TPSA) is 9.72 Å². The van der Waals surface area contributed by atoms with Crippen LogP contribution in [-0.2, 0) is 0 Å². The quantitative estimate of drug-likeness (QED) is 0.517. The fourth-order valence-electron chi connectivity index (χ4n) is 6.67. The van der Waals surface area contributed by atoms with Crippen LogP contribution in [0.25, 0.3) is 0 Å². The van der Waals surface area contributed by atoms with Crippen LogP contribution in [-0.4, -0.2) is 73.1 Å². The fourth-order valence-corrected chi connectivity index (χ4v) is 6.67. The lowest BCUT2D eigenvalue weighted by atomic mass is 9.80. The Kier molecular flexibility index (Phi) is 10.5. The molecule has 7 aliphatic rings. The van der Waals surface area contributed by atoms with Gasteiger partial charge in [0.15, 0.2) is 0 Å². The van der Waals surface area contributed by atoms with E-state index < -0.39 is 0 Å². The van der Waals surface area contributed by atoms with Gasteiger partial charge in [-0.05, 0) is 104 Å². The van der Waals surface area contributed by atoms with Crippen LogP contribution in [0.5, 0.6) is 0 Å². The predicted octanol–water partition coefficient (Wildman–Crippen LogP) is 5.74. The lowest BCUT2D eigenvalue weighted by molar-refractivity contribution is 0.0727. The zero-order chi connectivity index (χ0) is 17.4. The molecule has 2 aliphatic carbocycles. The molecule has 7 fully saturated rings. The van der Waals surface area contributed by atoms with E-state index >= 15 is 0 Å². The van der Waals surface area contributed by atoms with E-state index in [0.717, 1.165) is 36.0 Å². The van der Waals surface area contributed by atoms with Gasteiger partial charge in [-0.15, -0.1) is 0 Å². The Morgan fingerprint density at radius 1 is 0.464 bits per heavy atom. The van der Waals surface area contributed by atoms with Gasteiger partial charge in [0, 0.05) is 37.3 Å². The van der Waals surface area contributed by atoms with Crippen LogP contribution in [0.3, 0.4) is 0 Å². The van der Waals surface area contributed by atoms with Crippen molar-refractivity contribution in [2.24, 2.45) is 11.8 Å². The molecule has 6 bridgehead atoms. The van der Waals surface area contributed by atoms with Crippen LogP contribution in [0.4, 0.5) is 0 Å². The summed E-state index contributed by atoms with van der Waals surface area (Å²) in [6, 6.07) is 3.87. The second-order valence-corrected chi connectivity index (χ2v) is 10.0. The molecule has 28 heavy (non-hydrogen) atoms. The van der Waals surface area contributed by atoms with Crippen molar-refractivity contribution in [2.75, 3.05) is 34.2 Å². The van der Waals surface area contributed by atoms with Crippen LogP contribution < -0.4 is 0 Å². The highest BCUT2D eigenvalue weighted by Crippen LogP contribution is 2.36. The standard InChI is InChI=1S/C8H15N.2C7H13N.3CH4/c1-9-6-7-2-4-8(9)5-3-7;1-8-5-6-2-3-7(8)4-6;1-8-6-2-3-7(8)5-4-6;;;/h7-8H,2-6H2,1H3;2*6-7H,2-5H2,1H3;3*1H4. The second-order valence-electron chi connectivity index (χ2n) is 10.0. The van der Waals surface area contributed by atoms with E-state index in [2.05, 4.69) is 35.8 Å². The average molecular weight is 396 g/mol. The molecular weight excluding hydrogens is 342 g/mol. The minimum absolute atomic E-state index is 0. The smallest absolute Gasteiger partial charge is 0.00963 e. The first kappa shape index (κ1) is 25.9. The molecule has 0 amide bonds. The number of nitrogens with zero attached hydrogens (tertiary/aromatic N) is 3. The Morgan fingerprint density at radius 2 is 0.857 bits per heavy atom. The summed E-state index contributed by atoms with van der Waals surface area (Å²) >= 11 is 0. The van der Waals surface area contributed by atoms with Gasteiger partial charge in [-0.3, -0.25) is 0 Å². The van der Waals surface area contributed by atoms with E-state index in [4.69, 9.17) is 0 Å². The molecule has 5 saturated heterocycles. The van der Waals surface area contributed by atoms with Crippen molar-refractivity contribution in [2.45, 2.75) is 117 Å². The molecule has 0 radical (unpaired) electrons. The maximum atomic E-state index is 2.56. The van der Waals surface area contributed by atoms with E-state index in [1.807, 2.05) is 0 Å². The van der Waals surface area contributed by atoms with E-state index in [0.29, 0.717) is 0 Å². The Bertz CT molecular complexity index is 410. The summed E-state index contributed by atoms with van der Waals surface area (Å²) in [7, 11) is 6.80. The summed E-state index contributed by atoms with van der Waals surface area (Å²) in [5.41, 5.74) is 0. The molecule has 3 heteroatoms. The van der Waals surface area contributed by atoms with E-state index in [1.165, 1.54) is 83.7 Å². The van der Waals surface area contributed by atoms with Crippen LogP contribution >= 0.6 is 0 Å². The normalized spacial score (nSPS) is 40.4. The van der Waals surface area contributed by atoms with Crippen molar-refractivity contribution in [3.63, 3.8) is 0 Å². The number of rotatable bonds is 0. The molecule has 168 valence electrons. The number of likely N-dealkylation sites (tertiary alicyclic amines) is 1. The molecule has 3 nitrogen and oxygen atoms in total. The van der Waals surface area contributed by atoms with E-state index in [1.54, 1.807) is 0 Å². The number of hydrogen-bond donors (Lipinski definition) is 0. The molecule has 0 aromatic carbocycles. The summed E-state index contributed by atoms with van der Waals surface area (Å²) in [6.07, 6.45) is 16.3. The second kappa shape index (κ2) is 11.3. The van der Waals surface area contributed by atoms with Gasteiger partial charge in [-0.2, -0.15) is 0 Å². The summed E-state index contributed by atoms with van der Waals surface area (Å²) in [5, 5.41) is 0. The van der Waals surface area contributed by atoms with Gasteiger partial charge in [0.1, 0.15) is 0 Å². The van der Waals surface area contributed by atoms with Crippen molar-refractivity contribution in [3.8, 4) is 0 Å². The maximum Gasteiger partial charge on any atom is 0.00963 e. The van der Waals surface area contributed by atoms with Gasteiger partial charge >= 0.3 is 0 Å². The Morgan fingerprint density at radius 3 is 1.04 bits per heavy atom. The first-order valence-corrected chi connectivity index (χ1v) is 11.2. The van der Waals surface area contributed by atoms with Crippen molar-refractivity contribution in [1.29, 1.82) is 0 Å². The third-order valence-electron chi connectivity index (χ3n) is 8.49. The third kappa shape index (κ3) is 5.73. The Balaban J connectivity index is 0.000000200. The molecule has 5 aliphatic heterocycles. The monoisotopic (exact) mass is 395 g/mol. The fraction of sp³-hybridized carbons (Fsp3) is 1.00. The summed E-state index contributed by atoms with van der Waals surface area (Å²) < 4.78 is 0. The van der Waals surface area contributed by atoms with Gasteiger partial charge in [0.05, 0.1) is 0 Å². The number of hydrogen-bond acceptors (Lipinski definition) is 3. The molecule has 0 aromatic heterocycles. The lowest BCUT2D eigenvalue weighted by Crippen LogP contribution is -2.45. The van der Waals surface area contributed by atoms with Gasteiger partial charge < -0.3 is 14.7 Å². The Labute approximate surface area is 178 Å². The average Bonchev–Trinajstić information content (AvgIpc) is 3.40. The predicted molar refractivity (Wildman–Crippen MR) is 126 cm³/mol. The van der Waals surface area contributed by atoms with Crippen molar-refractivity contribution in [3.05, 3.63) is 0 Å². The first-order chi connectivity index (χ1) is 12.1. The van der Waals surface area contributed by atoms with Gasteiger partial charge in [0.25, 0.3) is 0 Å². The molecule has 7 rings (SSSR count). The molecule has 0 aromatic rings. The molecule has 2 saturated carbocycles. The van der Waals surface area contributed by atoms with Crippen molar-refractivity contribution in [1.82, 2.24) is 14.7 Å². The van der Waals surface area contributed by atoms with Crippen LogP contribution in [0.15, 0.2) is 0 Å². The first-order valence-electron chi connectivity index (χ1n) is 11.2. The van der Waals surface area contributed by atoms with E-state index in [-0.39, 0.29) is 22.3 Å². The van der Waals surface area contributed by atoms with E-state index in [9.17, 15) is 0 Å². The van der Waals surface area contributed by atoms with Crippen LogP contribution in [0.2, 0.25) is 0 Å². The number of piperidine rings is 3. The molecule has 2 atom stereocenters. The SMILES string of the molecule is C.C.C.CN1C2CCC1CC2.CN1CC2CCC1C2.CN1CC2CCC1CC2. The summed E-state index contributed by atoms with van der Waals surface area (Å²) in [5.74, 6) is 2.13. The minimum Gasteiger partial charge on any atom is -0.303 e. The third-order valence-corrected chi connectivity index (χ3v) is 8.49. The molecule has 2 unspecified atom stereocenters. The van der Waals surface area contributed by atoms with Gasteiger partial charge in [-0.1, -0.05) is 22.3 Å². The highest BCUT2D eigenvalue weighted by atomic mass is 15.2. The van der Waals surface area contributed by atoms with Crippen LogP contribution in [0.1, 0.15) is 92.9 Å². The Hall–Kier alpha value is -0.120. The van der Waals surface area contributed by atoms with Crippen molar-refractivity contribution < 1.29 is 0 Å². The summed E-state index contributed by atoms with van der Waals surface area (Å²) in [6.45, 7) is 2.76. The molecule has 0 N–H and O–H groups in total. The zero-order valence-electron chi connectivity index (χ0n) is 17.0. The molecule has 0 spiro atoms. The zero-order valence-corrected chi connectivity index (χ0v) is 17.0. The van der Waals surface area contributed by atoms with Gasteiger partial charge in [0.2, 0.25) is 0 Å². The molecule has 5 heterocycles. The molecular formula is C25H53N3. The lowest BCUT2D eigenvalue weighted by Gasteiger charge is -2.43.